The van der Waals surface area contributed by atoms with Crippen molar-refractivity contribution in [3.05, 3.63) is 18.3 Å². The van der Waals surface area contributed by atoms with Crippen molar-refractivity contribution < 1.29 is 4.74 Å². The number of anilines is 1. The lowest BCUT2D eigenvalue weighted by Gasteiger charge is -2.11. The smallest absolute Gasteiger partial charge is 0.168 e. The molecule has 15 heavy (non-hydrogen) atoms. The SMILES string of the molecule is CCOc1cccnc1NCCC(C)C. The zero-order valence-corrected chi connectivity index (χ0v) is 9.79. The molecule has 0 radical (unpaired) electrons. The van der Waals surface area contributed by atoms with Gasteiger partial charge < -0.3 is 10.1 Å². The zero-order chi connectivity index (χ0) is 11.1. The number of hydrogen-bond acceptors (Lipinski definition) is 3. The average molecular weight is 208 g/mol. The fourth-order valence-electron chi connectivity index (χ4n) is 1.27. The van der Waals surface area contributed by atoms with E-state index >= 15 is 0 Å². The maximum absolute atomic E-state index is 5.47. The van der Waals surface area contributed by atoms with Gasteiger partial charge in [0.05, 0.1) is 6.61 Å². The maximum Gasteiger partial charge on any atom is 0.168 e. The van der Waals surface area contributed by atoms with Gasteiger partial charge in [-0.25, -0.2) is 4.98 Å². The van der Waals surface area contributed by atoms with E-state index in [1.807, 2.05) is 19.1 Å². The predicted octanol–water partition coefficient (Wildman–Crippen LogP) is 2.94. The molecule has 0 aliphatic carbocycles. The summed E-state index contributed by atoms with van der Waals surface area (Å²) in [6.07, 6.45) is 2.92. The molecule has 0 aliphatic heterocycles. The highest BCUT2D eigenvalue weighted by atomic mass is 16.5. The Morgan fingerprint density at radius 3 is 2.93 bits per heavy atom. The fourth-order valence-corrected chi connectivity index (χ4v) is 1.27. The second kappa shape index (κ2) is 6.27. The van der Waals surface area contributed by atoms with Crippen molar-refractivity contribution in [2.45, 2.75) is 27.2 Å². The van der Waals surface area contributed by atoms with Crippen LogP contribution < -0.4 is 10.1 Å². The molecule has 0 atom stereocenters. The highest BCUT2D eigenvalue weighted by Crippen LogP contribution is 2.20. The lowest BCUT2D eigenvalue weighted by Crippen LogP contribution is -2.07. The summed E-state index contributed by atoms with van der Waals surface area (Å²) < 4.78 is 5.47. The van der Waals surface area contributed by atoms with Crippen LogP contribution in [0.15, 0.2) is 18.3 Å². The Labute approximate surface area is 91.9 Å². The predicted molar refractivity (Wildman–Crippen MR) is 63.4 cm³/mol. The highest BCUT2D eigenvalue weighted by Gasteiger charge is 2.02. The summed E-state index contributed by atoms with van der Waals surface area (Å²) in [5.74, 6) is 2.39. The van der Waals surface area contributed by atoms with Gasteiger partial charge in [0.1, 0.15) is 0 Å². The van der Waals surface area contributed by atoms with Crippen molar-refractivity contribution in [1.29, 1.82) is 0 Å². The monoisotopic (exact) mass is 208 g/mol. The summed E-state index contributed by atoms with van der Waals surface area (Å²) in [6.45, 7) is 8.01. The topological polar surface area (TPSA) is 34.1 Å². The van der Waals surface area contributed by atoms with E-state index in [4.69, 9.17) is 4.74 Å². The van der Waals surface area contributed by atoms with Gasteiger partial charge in [0.15, 0.2) is 11.6 Å². The Morgan fingerprint density at radius 1 is 1.47 bits per heavy atom. The summed E-state index contributed by atoms with van der Waals surface area (Å²) in [4.78, 5) is 4.26. The summed E-state index contributed by atoms with van der Waals surface area (Å²) in [5.41, 5.74) is 0. The van der Waals surface area contributed by atoms with Crippen molar-refractivity contribution in [3.8, 4) is 5.75 Å². The first-order valence-electron chi connectivity index (χ1n) is 5.55. The minimum absolute atomic E-state index is 0.671. The van der Waals surface area contributed by atoms with Crippen LogP contribution >= 0.6 is 0 Å². The van der Waals surface area contributed by atoms with Crippen LogP contribution in [0.3, 0.4) is 0 Å². The lowest BCUT2D eigenvalue weighted by molar-refractivity contribution is 0.340. The lowest BCUT2D eigenvalue weighted by atomic mass is 10.1. The molecule has 3 nitrogen and oxygen atoms in total. The third kappa shape index (κ3) is 4.19. The highest BCUT2D eigenvalue weighted by molar-refractivity contribution is 5.49. The number of hydrogen-bond donors (Lipinski definition) is 1. The first kappa shape index (κ1) is 11.8. The molecular weight excluding hydrogens is 188 g/mol. The molecule has 0 fully saturated rings. The van der Waals surface area contributed by atoms with Gasteiger partial charge in [-0.15, -0.1) is 0 Å². The fraction of sp³-hybridized carbons (Fsp3) is 0.583. The summed E-state index contributed by atoms with van der Waals surface area (Å²) in [7, 11) is 0. The zero-order valence-electron chi connectivity index (χ0n) is 9.79. The molecule has 0 saturated carbocycles. The summed E-state index contributed by atoms with van der Waals surface area (Å²) in [5, 5.41) is 3.29. The van der Waals surface area contributed by atoms with Crippen LogP contribution in [0.2, 0.25) is 0 Å². The molecule has 1 heterocycles. The second-order valence-electron chi connectivity index (χ2n) is 3.89. The Hall–Kier alpha value is -1.25. The van der Waals surface area contributed by atoms with E-state index in [1.54, 1.807) is 6.20 Å². The van der Waals surface area contributed by atoms with Crippen molar-refractivity contribution in [2.24, 2.45) is 5.92 Å². The van der Waals surface area contributed by atoms with E-state index < -0.39 is 0 Å². The van der Waals surface area contributed by atoms with Crippen molar-refractivity contribution >= 4 is 5.82 Å². The van der Waals surface area contributed by atoms with Crippen molar-refractivity contribution in [3.63, 3.8) is 0 Å². The molecule has 1 rings (SSSR count). The molecule has 84 valence electrons. The molecule has 3 heteroatoms. The van der Waals surface area contributed by atoms with Crippen LogP contribution in [0.4, 0.5) is 5.82 Å². The third-order valence-corrected chi connectivity index (χ3v) is 2.08. The summed E-state index contributed by atoms with van der Waals surface area (Å²) >= 11 is 0. The molecule has 0 spiro atoms. The Bertz CT molecular complexity index is 287. The normalized spacial score (nSPS) is 10.4. The van der Waals surface area contributed by atoms with Crippen molar-refractivity contribution in [1.82, 2.24) is 4.98 Å². The number of rotatable bonds is 6. The molecular formula is C12H20N2O. The molecule has 1 aromatic rings. The first-order valence-corrected chi connectivity index (χ1v) is 5.55. The van der Waals surface area contributed by atoms with Crippen LogP contribution in [0, 0.1) is 5.92 Å². The largest absolute Gasteiger partial charge is 0.490 e. The van der Waals surface area contributed by atoms with Crippen LogP contribution in [-0.4, -0.2) is 18.1 Å². The second-order valence-corrected chi connectivity index (χ2v) is 3.89. The molecule has 0 aliphatic rings. The third-order valence-electron chi connectivity index (χ3n) is 2.08. The van der Waals surface area contributed by atoms with E-state index in [0.717, 1.165) is 24.5 Å². The standard InChI is InChI=1S/C12H20N2O/c1-4-15-11-6-5-8-13-12(11)14-9-7-10(2)3/h5-6,8,10H,4,7,9H2,1-3H3,(H,13,14). The number of ether oxygens (including phenoxy) is 1. The Morgan fingerprint density at radius 2 is 2.27 bits per heavy atom. The first-order chi connectivity index (χ1) is 7.24. The van der Waals surface area contributed by atoms with Gasteiger partial charge in [0.2, 0.25) is 0 Å². The van der Waals surface area contributed by atoms with Gasteiger partial charge in [-0.1, -0.05) is 13.8 Å². The molecule has 1 N–H and O–H groups in total. The van der Waals surface area contributed by atoms with Crippen LogP contribution in [-0.2, 0) is 0 Å². The van der Waals surface area contributed by atoms with Crippen LogP contribution in [0.1, 0.15) is 27.2 Å². The minimum Gasteiger partial charge on any atom is -0.490 e. The molecule has 1 aromatic heterocycles. The van der Waals surface area contributed by atoms with Gasteiger partial charge >= 0.3 is 0 Å². The minimum atomic E-state index is 0.671. The van der Waals surface area contributed by atoms with Crippen LogP contribution in [0.25, 0.3) is 0 Å². The van der Waals surface area contributed by atoms with E-state index in [2.05, 4.69) is 24.1 Å². The molecule has 0 saturated heterocycles. The Kier molecular flexibility index (Phi) is 4.95. The molecule has 0 amide bonds. The van der Waals surface area contributed by atoms with Gasteiger partial charge in [-0.3, -0.25) is 0 Å². The summed E-state index contributed by atoms with van der Waals surface area (Å²) in [6, 6.07) is 3.83. The maximum atomic E-state index is 5.47. The molecule has 0 bridgehead atoms. The van der Waals surface area contributed by atoms with E-state index in [1.165, 1.54) is 0 Å². The number of nitrogens with zero attached hydrogens (tertiary/aromatic N) is 1. The van der Waals surface area contributed by atoms with Gasteiger partial charge in [0, 0.05) is 12.7 Å². The van der Waals surface area contributed by atoms with Gasteiger partial charge in [-0.05, 0) is 31.4 Å². The van der Waals surface area contributed by atoms with E-state index in [-0.39, 0.29) is 0 Å². The molecule has 0 aromatic carbocycles. The van der Waals surface area contributed by atoms with Gasteiger partial charge in [0.25, 0.3) is 0 Å². The number of nitrogens with one attached hydrogen (secondary N) is 1. The van der Waals surface area contributed by atoms with E-state index in [9.17, 15) is 0 Å². The average Bonchev–Trinajstić information content (AvgIpc) is 2.20. The van der Waals surface area contributed by atoms with Crippen molar-refractivity contribution in [2.75, 3.05) is 18.5 Å². The Balaban J connectivity index is 2.51. The number of aromatic nitrogens is 1. The quantitative estimate of drug-likeness (QED) is 0.780. The van der Waals surface area contributed by atoms with E-state index in [0.29, 0.717) is 12.5 Å². The molecule has 0 unspecified atom stereocenters. The van der Waals surface area contributed by atoms with Crippen LogP contribution in [0.5, 0.6) is 5.75 Å². The van der Waals surface area contributed by atoms with Gasteiger partial charge in [-0.2, -0.15) is 0 Å². The number of pyridine rings is 1.